The number of aliphatic carboxylic acids is 1. The highest BCUT2D eigenvalue weighted by molar-refractivity contribution is 6.30. The van der Waals surface area contributed by atoms with Gasteiger partial charge in [0.1, 0.15) is 29.7 Å². The minimum absolute atomic E-state index is 0. The topological polar surface area (TPSA) is 82.8 Å². The Morgan fingerprint density at radius 2 is 1.75 bits per heavy atom. The molecule has 5 rings (SSSR count). The number of benzene rings is 3. The van der Waals surface area contributed by atoms with Crippen molar-refractivity contribution >= 4 is 41.0 Å². The number of aryl methyl sites for hydroxylation is 2. The molecule has 1 saturated carbocycles. The van der Waals surface area contributed by atoms with Crippen LogP contribution in [0.3, 0.4) is 0 Å². The van der Waals surface area contributed by atoms with Crippen LogP contribution in [0.25, 0.3) is 11.0 Å². The van der Waals surface area contributed by atoms with E-state index in [-0.39, 0.29) is 18.8 Å². The molecule has 212 valence electrons. The summed E-state index contributed by atoms with van der Waals surface area (Å²) in [5, 5.41) is 9.80. The number of carboxylic acid groups (broad SMARTS) is 1. The third-order valence-electron chi connectivity index (χ3n) is 7.10. The molecule has 0 amide bonds. The van der Waals surface area contributed by atoms with Crippen molar-refractivity contribution in [3.63, 3.8) is 0 Å². The number of hydrogen-bond acceptors (Lipinski definition) is 5. The highest BCUT2D eigenvalue weighted by Gasteiger charge is 2.17. The van der Waals surface area contributed by atoms with E-state index in [0.717, 1.165) is 46.6 Å². The number of nitrogens with zero attached hydrogens (tertiary/aromatic N) is 2. The van der Waals surface area contributed by atoms with Crippen molar-refractivity contribution in [2.45, 2.75) is 57.7 Å². The summed E-state index contributed by atoms with van der Waals surface area (Å²) in [5.41, 5.74) is 3.77. The number of halogens is 2. The number of carboxylic acids is 1. The highest BCUT2D eigenvalue weighted by Crippen LogP contribution is 2.29. The van der Waals surface area contributed by atoms with Gasteiger partial charge in [-0.2, -0.15) is 0 Å². The monoisotopic (exact) mass is 584 g/mol. The van der Waals surface area contributed by atoms with Gasteiger partial charge in [0.25, 0.3) is 0 Å². The second-order valence-corrected chi connectivity index (χ2v) is 10.4. The van der Waals surface area contributed by atoms with Crippen LogP contribution in [-0.4, -0.2) is 33.3 Å². The molecule has 0 aliphatic heterocycles. The minimum atomic E-state index is -0.848. The molecule has 0 atom stereocenters. The lowest BCUT2D eigenvalue weighted by molar-refractivity contribution is -0.136. The van der Waals surface area contributed by atoms with E-state index in [1.807, 2.05) is 61.6 Å². The zero-order valence-electron chi connectivity index (χ0n) is 22.5. The fraction of sp³-hybridized carbons (Fsp3) is 0.355. The van der Waals surface area contributed by atoms with Crippen molar-refractivity contribution in [2.24, 2.45) is 7.05 Å². The van der Waals surface area contributed by atoms with E-state index in [1.54, 1.807) is 0 Å². The minimum Gasteiger partial charge on any atom is -0.493 e. The summed E-state index contributed by atoms with van der Waals surface area (Å²) in [5.74, 6) is 2.25. The SMILES string of the molecule is Cl.Cn1c(CCOc2ccc(CCC(=O)O)c(OCc3ccc(Cl)cc3)c2)nc2ccc(OC3CCCC3)cc21. The van der Waals surface area contributed by atoms with Crippen LogP contribution in [0.1, 0.15) is 49.1 Å². The molecule has 1 aliphatic rings. The Morgan fingerprint density at radius 1 is 1.00 bits per heavy atom. The summed E-state index contributed by atoms with van der Waals surface area (Å²) in [7, 11) is 2.02. The van der Waals surface area contributed by atoms with Crippen molar-refractivity contribution in [3.8, 4) is 17.2 Å². The number of hydrogen-bond donors (Lipinski definition) is 1. The van der Waals surface area contributed by atoms with Gasteiger partial charge in [-0.05, 0) is 73.6 Å². The van der Waals surface area contributed by atoms with Gasteiger partial charge in [0, 0.05) is 37.0 Å². The Balaban J connectivity index is 0.00000370. The first-order valence-corrected chi connectivity index (χ1v) is 13.8. The number of rotatable bonds is 12. The van der Waals surface area contributed by atoms with E-state index in [4.69, 9.17) is 35.9 Å². The van der Waals surface area contributed by atoms with Crippen molar-refractivity contribution in [1.82, 2.24) is 9.55 Å². The summed E-state index contributed by atoms with van der Waals surface area (Å²) in [6.07, 6.45) is 6.08. The van der Waals surface area contributed by atoms with Crippen LogP contribution in [0.4, 0.5) is 0 Å². The molecule has 1 fully saturated rings. The van der Waals surface area contributed by atoms with E-state index >= 15 is 0 Å². The van der Waals surface area contributed by atoms with Crippen LogP contribution >= 0.6 is 24.0 Å². The van der Waals surface area contributed by atoms with Crippen LogP contribution in [0, 0.1) is 0 Å². The van der Waals surface area contributed by atoms with E-state index in [9.17, 15) is 4.79 Å². The van der Waals surface area contributed by atoms with Gasteiger partial charge >= 0.3 is 5.97 Å². The lowest BCUT2D eigenvalue weighted by atomic mass is 10.1. The fourth-order valence-electron chi connectivity index (χ4n) is 4.92. The molecule has 9 heteroatoms. The van der Waals surface area contributed by atoms with E-state index in [1.165, 1.54) is 12.8 Å². The number of carbonyl (C=O) groups is 1. The van der Waals surface area contributed by atoms with Crippen molar-refractivity contribution in [3.05, 3.63) is 82.6 Å². The summed E-state index contributed by atoms with van der Waals surface area (Å²) in [6.45, 7) is 0.778. The van der Waals surface area contributed by atoms with Gasteiger partial charge in [-0.1, -0.05) is 29.8 Å². The molecule has 0 unspecified atom stereocenters. The first-order chi connectivity index (χ1) is 18.9. The Hall–Kier alpha value is -3.42. The first-order valence-electron chi connectivity index (χ1n) is 13.4. The average Bonchev–Trinajstić information content (AvgIpc) is 3.55. The van der Waals surface area contributed by atoms with Gasteiger partial charge in [-0.3, -0.25) is 4.79 Å². The fourth-order valence-corrected chi connectivity index (χ4v) is 5.05. The molecule has 40 heavy (non-hydrogen) atoms. The maximum atomic E-state index is 11.1. The lowest BCUT2D eigenvalue weighted by Crippen LogP contribution is -2.10. The molecule has 1 N–H and O–H groups in total. The van der Waals surface area contributed by atoms with Gasteiger partial charge in [-0.25, -0.2) is 4.98 Å². The predicted molar refractivity (Wildman–Crippen MR) is 158 cm³/mol. The van der Waals surface area contributed by atoms with Gasteiger partial charge in [0.2, 0.25) is 0 Å². The molecule has 7 nitrogen and oxygen atoms in total. The number of aromatic nitrogens is 2. The van der Waals surface area contributed by atoms with Crippen LogP contribution in [0.15, 0.2) is 60.7 Å². The second kappa shape index (κ2) is 13.8. The summed E-state index contributed by atoms with van der Waals surface area (Å²) >= 11 is 5.98. The second-order valence-electron chi connectivity index (χ2n) is 9.94. The van der Waals surface area contributed by atoms with E-state index in [2.05, 4.69) is 10.6 Å². The van der Waals surface area contributed by atoms with E-state index < -0.39 is 5.97 Å². The van der Waals surface area contributed by atoms with Crippen molar-refractivity contribution < 1.29 is 24.1 Å². The van der Waals surface area contributed by atoms with Crippen LogP contribution in [0.5, 0.6) is 17.2 Å². The molecule has 0 radical (unpaired) electrons. The molecule has 0 spiro atoms. The van der Waals surface area contributed by atoms with Crippen LogP contribution in [0.2, 0.25) is 5.02 Å². The number of fused-ring (bicyclic) bond motifs is 1. The molecular weight excluding hydrogens is 551 g/mol. The number of ether oxygens (including phenoxy) is 3. The molecule has 0 saturated heterocycles. The third-order valence-corrected chi connectivity index (χ3v) is 7.35. The quantitative estimate of drug-likeness (QED) is 0.190. The molecule has 1 aliphatic carbocycles. The summed E-state index contributed by atoms with van der Waals surface area (Å²) in [6, 6.07) is 19.1. The predicted octanol–water partition coefficient (Wildman–Crippen LogP) is 7.19. The Kier molecular flexibility index (Phi) is 10.2. The standard InChI is InChI=1S/C31H33ClN2O5.ClH/c1-34-28-18-26(39-24-4-2-3-5-24)13-14-27(28)33-30(34)16-17-37-25-12-8-22(9-15-31(35)36)29(19-25)38-20-21-6-10-23(32)11-7-21;/h6-8,10-14,18-19,24H,2-5,9,15-17,20H2,1H3,(H,35,36);1H. The van der Waals surface area contributed by atoms with Crippen LogP contribution < -0.4 is 14.2 Å². The number of imidazole rings is 1. The van der Waals surface area contributed by atoms with Crippen molar-refractivity contribution in [2.75, 3.05) is 6.61 Å². The maximum Gasteiger partial charge on any atom is 0.303 e. The zero-order valence-corrected chi connectivity index (χ0v) is 24.0. The molecule has 4 aromatic rings. The Labute approximate surface area is 245 Å². The maximum absolute atomic E-state index is 11.1. The summed E-state index contributed by atoms with van der Waals surface area (Å²) in [4.78, 5) is 15.9. The molecule has 3 aromatic carbocycles. The molecular formula is C31H34Cl2N2O5. The highest BCUT2D eigenvalue weighted by atomic mass is 35.5. The third kappa shape index (κ3) is 7.61. The van der Waals surface area contributed by atoms with Gasteiger partial charge in [0.05, 0.1) is 23.7 Å². The zero-order chi connectivity index (χ0) is 27.2. The normalized spacial score (nSPS) is 13.2. The summed E-state index contributed by atoms with van der Waals surface area (Å²) < 4.78 is 20.4. The van der Waals surface area contributed by atoms with Gasteiger partial charge in [0.15, 0.2) is 0 Å². The van der Waals surface area contributed by atoms with E-state index in [0.29, 0.717) is 48.7 Å². The van der Waals surface area contributed by atoms with Crippen LogP contribution in [-0.2, 0) is 31.3 Å². The van der Waals surface area contributed by atoms with Crippen molar-refractivity contribution in [1.29, 1.82) is 0 Å². The Bertz CT molecular complexity index is 1430. The smallest absolute Gasteiger partial charge is 0.303 e. The Morgan fingerprint density at radius 3 is 2.50 bits per heavy atom. The first kappa shape index (κ1) is 29.6. The average molecular weight is 586 g/mol. The van der Waals surface area contributed by atoms with Gasteiger partial charge in [-0.15, -0.1) is 12.4 Å². The lowest BCUT2D eigenvalue weighted by Gasteiger charge is -2.14. The molecule has 1 heterocycles. The molecule has 1 aromatic heterocycles. The van der Waals surface area contributed by atoms with Gasteiger partial charge < -0.3 is 23.9 Å². The largest absolute Gasteiger partial charge is 0.493 e. The molecule has 0 bridgehead atoms.